The van der Waals surface area contributed by atoms with Crippen molar-refractivity contribution >= 4 is 33.8 Å². The van der Waals surface area contributed by atoms with Gasteiger partial charge in [-0.1, -0.05) is 23.5 Å². The number of carbonyl (C=O) groups excluding carboxylic acids is 1. The molecule has 8 heteroatoms. The highest BCUT2D eigenvalue weighted by atomic mass is 32.1. The molecule has 1 saturated heterocycles. The number of nitrogens with two attached hydrogens (primary N) is 1. The lowest BCUT2D eigenvalue weighted by Crippen LogP contribution is -2.36. The van der Waals surface area contributed by atoms with E-state index in [4.69, 9.17) is 10.5 Å². The summed E-state index contributed by atoms with van der Waals surface area (Å²) in [5.74, 6) is 0.0930. The summed E-state index contributed by atoms with van der Waals surface area (Å²) in [5, 5.41) is 7.09. The van der Waals surface area contributed by atoms with Crippen LogP contribution in [0.1, 0.15) is 35.0 Å². The maximum atomic E-state index is 13.4. The normalized spacial score (nSPS) is 16.9. The highest BCUT2D eigenvalue weighted by Crippen LogP contribution is 2.30. The number of hydrogen-bond acceptors (Lipinski definition) is 7. The number of aromatic nitrogens is 1. The molecular weight excluding hydrogens is 403 g/mol. The fourth-order valence-electron chi connectivity index (χ4n) is 3.46. The van der Waals surface area contributed by atoms with E-state index in [9.17, 15) is 9.18 Å². The van der Waals surface area contributed by atoms with Crippen LogP contribution in [0.15, 0.2) is 48.5 Å². The minimum Gasteiger partial charge on any atom is -0.489 e. The molecule has 156 valence electrons. The lowest BCUT2D eigenvalue weighted by molar-refractivity contribution is 0.104. The van der Waals surface area contributed by atoms with Gasteiger partial charge in [-0.2, -0.15) is 0 Å². The van der Waals surface area contributed by atoms with E-state index in [0.717, 1.165) is 35.7 Å². The highest BCUT2D eigenvalue weighted by Gasteiger charge is 2.22. The standard InChI is InChI=1S/C22H23FN4O2S/c1-13(18-6-3-11-25-18)29-17-9-7-16(8-10-17)26-22-27-21(24)20(30-22)19(28)14-4-2-5-15(23)12-14/h2,4-5,7-10,12-13,18,25H,3,6,11,24H2,1H3,(H,26,27). The molecule has 0 bridgehead atoms. The number of ether oxygens (including phenoxy) is 1. The lowest BCUT2D eigenvalue weighted by Gasteiger charge is -2.21. The number of carbonyl (C=O) groups is 1. The predicted molar refractivity (Wildman–Crippen MR) is 117 cm³/mol. The molecule has 1 aliphatic heterocycles. The quantitative estimate of drug-likeness (QED) is 0.487. The van der Waals surface area contributed by atoms with Crippen molar-refractivity contribution in [3.63, 3.8) is 0 Å². The van der Waals surface area contributed by atoms with Gasteiger partial charge in [0.25, 0.3) is 0 Å². The fraction of sp³-hybridized carbons (Fsp3) is 0.273. The zero-order chi connectivity index (χ0) is 21.1. The first-order chi connectivity index (χ1) is 14.5. The summed E-state index contributed by atoms with van der Waals surface area (Å²) in [6.45, 7) is 3.12. The molecule has 2 atom stereocenters. The first kappa shape index (κ1) is 20.3. The molecule has 4 N–H and O–H groups in total. The zero-order valence-corrected chi connectivity index (χ0v) is 17.3. The zero-order valence-electron chi connectivity index (χ0n) is 16.5. The second-order valence-electron chi connectivity index (χ2n) is 7.25. The van der Waals surface area contributed by atoms with Gasteiger partial charge < -0.3 is 21.1 Å². The molecule has 0 amide bonds. The van der Waals surface area contributed by atoms with Crippen molar-refractivity contribution < 1.29 is 13.9 Å². The smallest absolute Gasteiger partial charge is 0.206 e. The SMILES string of the molecule is CC(Oc1ccc(Nc2nc(N)c(C(=O)c3cccc(F)c3)s2)cc1)C1CCCN1. The number of anilines is 3. The molecular formula is C22H23FN4O2S. The van der Waals surface area contributed by atoms with E-state index in [1.54, 1.807) is 6.07 Å². The number of hydrogen-bond donors (Lipinski definition) is 3. The van der Waals surface area contributed by atoms with Gasteiger partial charge in [-0.25, -0.2) is 9.37 Å². The molecule has 0 aliphatic carbocycles. The molecule has 30 heavy (non-hydrogen) atoms. The number of ketones is 1. The Labute approximate surface area is 178 Å². The summed E-state index contributed by atoms with van der Waals surface area (Å²) in [6.07, 6.45) is 2.41. The molecule has 6 nitrogen and oxygen atoms in total. The fourth-order valence-corrected chi connectivity index (χ4v) is 4.33. The third kappa shape index (κ3) is 4.60. The van der Waals surface area contributed by atoms with E-state index >= 15 is 0 Å². The van der Waals surface area contributed by atoms with Crippen LogP contribution in [0, 0.1) is 5.82 Å². The minimum absolute atomic E-state index is 0.0986. The van der Waals surface area contributed by atoms with Crippen molar-refractivity contribution in [1.82, 2.24) is 10.3 Å². The molecule has 0 saturated carbocycles. The number of benzene rings is 2. The molecule has 1 aliphatic rings. The predicted octanol–water partition coefficient (Wildman–Crippen LogP) is 4.36. The average molecular weight is 427 g/mol. The molecule has 0 spiro atoms. The largest absolute Gasteiger partial charge is 0.489 e. The molecule has 2 unspecified atom stereocenters. The van der Waals surface area contributed by atoms with Crippen molar-refractivity contribution in [1.29, 1.82) is 0 Å². The number of nitrogens with one attached hydrogen (secondary N) is 2. The van der Waals surface area contributed by atoms with Gasteiger partial charge in [-0.05, 0) is 62.7 Å². The summed E-state index contributed by atoms with van der Waals surface area (Å²) in [6, 6.07) is 13.5. The summed E-state index contributed by atoms with van der Waals surface area (Å²) in [5.41, 5.74) is 6.97. The Hall–Kier alpha value is -2.97. The Morgan fingerprint density at radius 3 is 2.83 bits per heavy atom. The Morgan fingerprint density at radius 2 is 2.13 bits per heavy atom. The van der Waals surface area contributed by atoms with Crippen LogP contribution in [-0.2, 0) is 0 Å². The van der Waals surface area contributed by atoms with Crippen molar-refractivity contribution in [2.24, 2.45) is 0 Å². The number of nitrogen functional groups attached to an aromatic ring is 1. The van der Waals surface area contributed by atoms with Gasteiger partial charge in [0, 0.05) is 17.3 Å². The van der Waals surface area contributed by atoms with E-state index in [-0.39, 0.29) is 28.1 Å². The van der Waals surface area contributed by atoms with Crippen molar-refractivity contribution in [2.75, 3.05) is 17.6 Å². The molecule has 4 rings (SSSR count). The monoisotopic (exact) mass is 426 g/mol. The maximum Gasteiger partial charge on any atom is 0.206 e. The average Bonchev–Trinajstić information content (AvgIpc) is 3.39. The third-order valence-electron chi connectivity index (χ3n) is 5.04. The Morgan fingerprint density at radius 1 is 1.33 bits per heavy atom. The summed E-state index contributed by atoms with van der Waals surface area (Å²) in [4.78, 5) is 17.1. The molecule has 0 radical (unpaired) electrons. The van der Waals surface area contributed by atoms with Crippen LogP contribution in [0.25, 0.3) is 0 Å². The molecule has 3 aromatic rings. The second-order valence-corrected chi connectivity index (χ2v) is 8.25. The van der Waals surface area contributed by atoms with E-state index < -0.39 is 5.82 Å². The van der Waals surface area contributed by atoms with Gasteiger partial charge >= 0.3 is 0 Å². The Balaban J connectivity index is 1.42. The summed E-state index contributed by atoms with van der Waals surface area (Å²) in [7, 11) is 0. The van der Waals surface area contributed by atoms with E-state index in [1.807, 2.05) is 24.3 Å². The Bertz CT molecular complexity index is 1030. The van der Waals surface area contributed by atoms with Gasteiger partial charge in [-0.3, -0.25) is 4.79 Å². The maximum absolute atomic E-state index is 13.4. The van der Waals surface area contributed by atoms with Gasteiger partial charge in [0.15, 0.2) is 5.13 Å². The van der Waals surface area contributed by atoms with E-state index in [1.165, 1.54) is 24.6 Å². The van der Waals surface area contributed by atoms with Gasteiger partial charge in [-0.15, -0.1) is 0 Å². The van der Waals surface area contributed by atoms with Gasteiger partial charge in [0.05, 0.1) is 0 Å². The lowest BCUT2D eigenvalue weighted by atomic mass is 10.1. The van der Waals surface area contributed by atoms with E-state index in [2.05, 4.69) is 22.5 Å². The van der Waals surface area contributed by atoms with Crippen LogP contribution in [0.5, 0.6) is 5.75 Å². The van der Waals surface area contributed by atoms with E-state index in [0.29, 0.717) is 11.2 Å². The molecule has 2 aromatic carbocycles. The van der Waals surface area contributed by atoms with Crippen LogP contribution in [0.2, 0.25) is 0 Å². The van der Waals surface area contributed by atoms with Crippen LogP contribution in [0.3, 0.4) is 0 Å². The molecule has 1 aromatic heterocycles. The second kappa shape index (κ2) is 8.81. The number of halogens is 1. The highest BCUT2D eigenvalue weighted by molar-refractivity contribution is 7.18. The molecule has 1 fully saturated rings. The third-order valence-corrected chi connectivity index (χ3v) is 6.02. The topological polar surface area (TPSA) is 89.3 Å². The first-order valence-electron chi connectivity index (χ1n) is 9.83. The number of rotatable bonds is 7. The van der Waals surface area contributed by atoms with Gasteiger partial charge in [0.1, 0.15) is 28.4 Å². The number of nitrogens with zero attached hydrogens (tertiary/aromatic N) is 1. The summed E-state index contributed by atoms with van der Waals surface area (Å²) >= 11 is 1.14. The van der Waals surface area contributed by atoms with Crippen molar-refractivity contribution in [3.05, 3.63) is 64.8 Å². The Kier molecular flexibility index (Phi) is 5.96. The van der Waals surface area contributed by atoms with Crippen LogP contribution in [-0.4, -0.2) is 29.5 Å². The van der Waals surface area contributed by atoms with Gasteiger partial charge in [0.2, 0.25) is 5.78 Å². The van der Waals surface area contributed by atoms with Crippen LogP contribution in [0.4, 0.5) is 21.0 Å². The van der Waals surface area contributed by atoms with Crippen LogP contribution >= 0.6 is 11.3 Å². The van der Waals surface area contributed by atoms with Crippen molar-refractivity contribution in [3.8, 4) is 5.75 Å². The minimum atomic E-state index is -0.470. The van der Waals surface area contributed by atoms with Crippen LogP contribution < -0.4 is 21.1 Å². The molecule has 2 heterocycles. The first-order valence-corrected chi connectivity index (χ1v) is 10.6. The van der Waals surface area contributed by atoms with Crippen molar-refractivity contribution in [2.45, 2.75) is 31.9 Å². The number of thiazole rings is 1. The summed E-state index contributed by atoms with van der Waals surface area (Å²) < 4.78 is 19.4.